The summed E-state index contributed by atoms with van der Waals surface area (Å²) in [5.74, 6) is -1.02. The van der Waals surface area contributed by atoms with E-state index in [2.05, 4.69) is 20.4 Å². The Morgan fingerprint density at radius 2 is 1.84 bits per heavy atom. The van der Waals surface area contributed by atoms with Gasteiger partial charge >= 0.3 is 5.97 Å². The Kier molecular flexibility index (Phi) is 6.10. The first-order valence-electron chi connectivity index (χ1n) is 12.5. The standard InChI is InChI=1S/C28H25ClFN5O3/c29-19-6-18-12-33-35(15-22-13-32-24(14-31-22)17-1-3-20(30)4-2-17)26(18)23(7-19)27(38)34-21-10-28(11-21)8-16(9-28)5-25(36)37/h1-4,6-7,12-14,16,21H,5,8-11,15H2,(H,34,38)(H,36,37). The molecule has 2 aromatic heterocycles. The van der Waals surface area contributed by atoms with E-state index >= 15 is 0 Å². The van der Waals surface area contributed by atoms with Crippen molar-refractivity contribution in [3.05, 3.63) is 77.1 Å². The molecule has 0 radical (unpaired) electrons. The molecule has 2 fully saturated rings. The van der Waals surface area contributed by atoms with E-state index in [1.807, 2.05) is 0 Å². The Hall–Kier alpha value is -3.85. The van der Waals surface area contributed by atoms with Gasteiger partial charge in [-0.05, 0) is 73.4 Å². The second kappa shape index (κ2) is 9.47. The van der Waals surface area contributed by atoms with Crippen molar-refractivity contribution in [1.82, 2.24) is 25.1 Å². The van der Waals surface area contributed by atoms with Gasteiger partial charge in [0.1, 0.15) is 5.82 Å². The van der Waals surface area contributed by atoms with Crippen LogP contribution >= 0.6 is 11.6 Å². The molecule has 4 aromatic rings. The Balaban J connectivity index is 1.16. The number of carbonyl (C=O) groups excluding carboxylic acids is 1. The number of fused-ring (bicyclic) bond motifs is 1. The highest BCUT2D eigenvalue weighted by Gasteiger charge is 2.53. The van der Waals surface area contributed by atoms with Crippen LogP contribution in [0.3, 0.4) is 0 Å². The highest BCUT2D eigenvalue weighted by atomic mass is 35.5. The molecule has 0 bridgehead atoms. The summed E-state index contributed by atoms with van der Waals surface area (Å²) in [4.78, 5) is 33.2. The number of nitrogens with zero attached hydrogens (tertiary/aromatic N) is 4. The van der Waals surface area contributed by atoms with E-state index in [0.717, 1.165) is 36.6 Å². The smallest absolute Gasteiger partial charge is 0.303 e. The monoisotopic (exact) mass is 533 g/mol. The van der Waals surface area contributed by atoms with E-state index in [1.165, 1.54) is 12.1 Å². The van der Waals surface area contributed by atoms with Gasteiger partial charge in [0.25, 0.3) is 5.91 Å². The quantitative estimate of drug-likeness (QED) is 0.342. The predicted octanol–water partition coefficient (Wildman–Crippen LogP) is 5.10. The fraction of sp³-hybridized carbons (Fsp3) is 0.321. The minimum atomic E-state index is -0.745. The van der Waals surface area contributed by atoms with Crippen molar-refractivity contribution in [3.63, 3.8) is 0 Å². The zero-order valence-corrected chi connectivity index (χ0v) is 21.2. The van der Waals surface area contributed by atoms with E-state index in [1.54, 1.807) is 47.5 Å². The first kappa shape index (κ1) is 24.5. The molecule has 8 nitrogen and oxygen atoms in total. The number of aromatic nitrogens is 4. The van der Waals surface area contributed by atoms with Crippen molar-refractivity contribution < 1.29 is 19.1 Å². The Morgan fingerprint density at radius 1 is 1.08 bits per heavy atom. The number of halogens is 2. The molecule has 0 saturated heterocycles. The number of amides is 1. The molecule has 2 aliphatic rings. The lowest BCUT2D eigenvalue weighted by Gasteiger charge is -2.57. The third-order valence-electron chi connectivity index (χ3n) is 7.70. The van der Waals surface area contributed by atoms with Gasteiger partial charge in [0.2, 0.25) is 0 Å². The summed E-state index contributed by atoms with van der Waals surface area (Å²) in [6.07, 6.45) is 8.75. The van der Waals surface area contributed by atoms with Crippen LogP contribution in [0, 0.1) is 17.2 Å². The van der Waals surface area contributed by atoms with Crippen molar-refractivity contribution in [2.75, 3.05) is 0 Å². The number of carboxylic acid groups (broad SMARTS) is 1. The van der Waals surface area contributed by atoms with Crippen LogP contribution in [0.25, 0.3) is 22.2 Å². The number of nitrogens with one attached hydrogen (secondary N) is 1. The Morgan fingerprint density at radius 3 is 2.53 bits per heavy atom. The summed E-state index contributed by atoms with van der Waals surface area (Å²) in [6.45, 7) is 0.305. The lowest BCUT2D eigenvalue weighted by Crippen LogP contribution is -2.56. The molecule has 6 rings (SSSR count). The molecule has 0 aliphatic heterocycles. The minimum absolute atomic E-state index is 0.0588. The zero-order chi connectivity index (χ0) is 26.4. The molecule has 1 amide bonds. The van der Waals surface area contributed by atoms with Crippen molar-refractivity contribution in [2.24, 2.45) is 11.3 Å². The molecule has 2 N–H and O–H groups in total. The SMILES string of the molecule is O=C(O)CC1CC2(C1)CC(NC(=O)c1cc(Cl)cc3cnn(Cc4cnc(-c5ccc(F)cc5)cn4)c13)C2. The summed E-state index contributed by atoms with van der Waals surface area (Å²) in [6, 6.07) is 9.55. The van der Waals surface area contributed by atoms with Gasteiger partial charge < -0.3 is 10.4 Å². The molecule has 1 spiro atoms. The summed E-state index contributed by atoms with van der Waals surface area (Å²) in [7, 11) is 0. The molecule has 0 unspecified atom stereocenters. The maximum Gasteiger partial charge on any atom is 0.303 e. The lowest BCUT2D eigenvalue weighted by atomic mass is 9.49. The van der Waals surface area contributed by atoms with Crippen molar-refractivity contribution in [1.29, 1.82) is 0 Å². The number of benzene rings is 2. The average molecular weight is 534 g/mol. The van der Waals surface area contributed by atoms with Gasteiger partial charge in [0, 0.05) is 28.4 Å². The molecule has 2 aromatic carbocycles. The summed E-state index contributed by atoms with van der Waals surface area (Å²) in [5.41, 5.74) is 3.34. The first-order valence-corrected chi connectivity index (χ1v) is 12.9. The van der Waals surface area contributed by atoms with E-state index in [0.29, 0.717) is 34.0 Å². The van der Waals surface area contributed by atoms with Crippen molar-refractivity contribution in [3.8, 4) is 11.3 Å². The van der Waals surface area contributed by atoms with Gasteiger partial charge in [-0.3, -0.25) is 24.2 Å². The number of rotatable bonds is 7. The van der Waals surface area contributed by atoms with E-state index < -0.39 is 5.97 Å². The van der Waals surface area contributed by atoms with Crippen LogP contribution in [0.1, 0.15) is 48.2 Å². The Bertz CT molecular complexity index is 1520. The van der Waals surface area contributed by atoms with Crippen LogP contribution in [0.2, 0.25) is 5.02 Å². The molecule has 38 heavy (non-hydrogen) atoms. The van der Waals surface area contributed by atoms with Crippen LogP contribution in [0.15, 0.2) is 55.0 Å². The predicted molar refractivity (Wildman–Crippen MR) is 139 cm³/mol. The highest BCUT2D eigenvalue weighted by molar-refractivity contribution is 6.32. The normalized spacial score (nSPS) is 22.2. The van der Waals surface area contributed by atoms with Gasteiger partial charge in [-0.15, -0.1) is 0 Å². The lowest BCUT2D eigenvalue weighted by molar-refractivity contribution is -0.142. The maximum atomic E-state index is 13.3. The second-order valence-corrected chi connectivity index (χ2v) is 11.0. The maximum absolute atomic E-state index is 13.3. The highest BCUT2D eigenvalue weighted by Crippen LogP contribution is 2.59. The van der Waals surface area contributed by atoms with E-state index in [-0.39, 0.29) is 35.5 Å². The number of carbonyl (C=O) groups is 2. The van der Waals surface area contributed by atoms with Crippen LogP contribution in [0.5, 0.6) is 0 Å². The second-order valence-electron chi connectivity index (χ2n) is 10.5. The number of hydrogen-bond acceptors (Lipinski definition) is 5. The van der Waals surface area contributed by atoms with Crippen molar-refractivity contribution in [2.45, 2.75) is 44.7 Å². The molecule has 2 aliphatic carbocycles. The van der Waals surface area contributed by atoms with E-state index in [9.17, 15) is 14.0 Å². The van der Waals surface area contributed by atoms with Gasteiger partial charge in [0.05, 0.1) is 47.6 Å². The molecular weight excluding hydrogens is 509 g/mol. The molecule has 194 valence electrons. The molecule has 2 heterocycles. The van der Waals surface area contributed by atoms with Crippen LogP contribution in [0.4, 0.5) is 4.39 Å². The molecule has 0 atom stereocenters. The largest absolute Gasteiger partial charge is 0.481 e. The van der Waals surface area contributed by atoms with Crippen LogP contribution in [-0.2, 0) is 11.3 Å². The van der Waals surface area contributed by atoms with Gasteiger partial charge in [0.15, 0.2) is 0 Å². The number of carboxylic acids is 1. The summed E-state index contributed by atoms with van der Waals surface area (Å²) < 4.78 is 14.9. The fourth-order valence-electron chi connectivity index (χ4n) is 6.09. The topological polar surface area (TPSA) is 110 Å². The summed E-state index contributed by atoms with van der Waals surface area (Å²) in [5, 5.41) is 17.8. The number of hydrogen-bond donors (Lipinski definition) is 2. The third-order valence-corrected chi connectivity index (χ3v) is 7.92. The number of aliphatic carboxylic acids is 1. The molecule has 10 heteroatoms. The van der Waals surface area contributed by atoms with Crippen molar-refractivity contribution >= 4 is 34.4 Å². The van der Waals surface area contributed by atoms with Gasteiger partial charge in [-0.1, -0.05) is 11.6 Å². The van der Waals surface area contributed by atoms with Gasteiger partial charge in [-0.25, -0.2) is 4.39 Å². The first-order chi connectivity index (χ1) is 18.3. The van der Waals surface area contributed by atoms with Crippen LogP contribution < -0.4 is 5.32 Å². The summed E-state index contributed by atoms with van der Waals surface area (Å²) >= 11 is 6.33. The van der Waals surface area contributed by atoms with Gasteiger partial charge in [-0.2, -0.15) is 5.10 Å². The Labute approximate surface area is 222 Å². The zero-order valence-electron chi connectivity index (χ0n) is 20.4. The molecule has 2 saturated carbocycles. The minimum Gasteiger partial charge on any atom is -0.481 e. The molecular formula is C28H25ClFN5O3. The average Bonchev–Trinajstić information content (AvgIpc) is 3.23. The van der Waals surface area contributed by atoms with E-state index in [4.69, 9.17) is 16.7 Å². The third kappa shape index (κ3) is 4.74. The van der Waals surface area contributed by atoms with Crippen LogP contribution in [-0.4, -0.2) is 42.8 Å². The fourth-order valence-corrected chi connectivity index (χ4v) is 6.32.